The summed E-state index contributed by atoms with van der Waals surface area (Å²) in [5.41, 5.74) is 2.21. The molecule has 0 bridgehead atoms. The molecule has 0 amide bonds. The van der Waals surface area contributed by atoms with E-state index in [0.717, 1.165) is 17.3 Å². The van der Waals surface area contributed by atoms with E-state index >= 15 is 0 Å². The summed E-state index contributed by atoms with van der Waals surface area (Å²) >= 11 is 5.85. The molecule has 0 atom stereocenters. The molecular weight excluding hydrogens is 212 g/mol. The first-order valence-electron chi connectivity index (χ1n) is 4.89. The molecule has 4 heteroatoms. The van der Waals surface area contributed by atoms with Crippen LogP contribution in [0.1, 0.15) is 12.1 Å². The predicted molar refractivity (Wildman–Crippen MR) is 58.1 cm³/mol. The van der Waals surface area contributed by atoms with Crippen LogP contribution in [-0.4, -0.2) is 15.3 Å². The Hall–Kier alpha value is -1.35. The van der Waals surface area contributed by atoms with Gasteiger partial charge < -0.3 is 4.57 Å². The van der Waals surface area contributed by atoms with E-state index in [1.807, 2.05) is 10.6 Å². The van der Waals surface area contributed by atoms with Crippen molar-refractivity contribution in [1.29, 1.82) is 0 Å². The van der Waals surface area contributed by atoms with E-state index in [2.05, 4.69) is 11.1 Å². The van der Waals surface area contributed by atoms with Crippen LogP contribution in [-0.2, 0) is 17.8 Å². The molecule has 2 aromatic rings. The third-order valence-electron chi connectivity index (χ3n) is 2.83. The Morgan fingerprint density at radius 1 is 1.33 bits per heavy atom. The lowest BCUT2D eigenvalue weighted by Crippen LogP contribution is -2.18. The van der Waals surface area contributed by atoms with Crippen LogP contribution in [0.25, 0.3) is 10.9 Å². The van der Waals surface area contributed by atoms with E-state index in [4.69, 9.17) is 11.6 Å². The quantitative estimate of drug-likeness (QED) is 0.638. The number of pyridine rings is 1. The Morgan fingerprint density at radius 3 is 3.07 bits per heavy atom. The topological polar surface area (TPSA) is 34.9 Å². The van der Waals surface area contributed by atoms with Crippen molar-refractivity contribution >= 4 is 28.3 Å². The molecule has 0 N–H and O–H groups in total. The number of Topliss-reactive ketones (excluding diaryl/α,β-unsaturated/α-hetero) is 1. The van der Waals surface area contributed by atoms with Gasteiger partial charge in [0.2, 0.25) is 0 Å². The van der Waals surface area contributed by atoms with Gasteiger partial charge in [0.05, 0.1) is 12.1 Å². The highest BCUT2D eigenvalue weighted by Gasteiger charge is 2.17. The lowest BCUT2D eigenvalue weighted by Gasteiger charge is -2.14. The molecule has 1 aliphatic rings. The van der Waals surface area contributed by atoms with Crippen molar-refractivity contribution in [3.8, 4) is 0 Å². The average molecular weight is 221 g/mol. The maximum atomic E-state index is 11.4. The summed E-state index contributed by atoms with van der Waals surface area (Å²) < 4.78 is 2.04. The fraction of sp³-hybridized carbons (Fsp3) is 0.273. The molecule has 15 heavy (non-hydrogen) atoms. The van der Waals surface area contributed by atoms with Crippen LogP contribution in [0.2, 0.25) is 5.15 Å². The molecular formula is C11H9ClN2O. The van der Waals surface area contributed by atoms with Gasteiger partial charge in [0.25, 0.3) is 0 Å². The van der Waals surface area contributed by atoms with Gasteiger partial charge in [-0.1, -0.05) is 11.6 Å². The lowest BCUT2D eigenvalue weighted by atomic mass is 10.1. The first kappa shape index (κ1) is 8.92. The number of carbonyl (C=O) groups is 1. The van der Waals surface area contributed by atoms with Crippen molar-refractivity contribution in [1.82, 2.24) is 9.55 Å². The van der Waals surface area contributed by atoms with E-state index in [-0.39, 0.29) is 5.78 Å². The van der Waals surface area contributed by atoms with Crippen molar-refractivity contribution in [2.75, 3.05) is 0 Å². The second-order valence-electron chi connectivity index (χ2n) is 3.83. The van der Waals surface area contributed by atoms with Crippen LogP contribution >= 0.6 is 11.6 Å². The average Bonchev–Trinajstić information content (AvgIpc) is 2.56. The van der Waals surface area contributed by atoms with E-state index in [9.17, 15) is 4.79 Å². The zero-order valence-corrected chi connectivity index (χ0v) is 8.79. The molecule has 0 saturated carbocycles. The SMILES string of the molecule is O=C1CCc2cc3cnc(Cl)cc3n2C1. The predicted octanol–water partition coefficient (Wildman–Crippen LogP) is 2.21. The van der Waals surface area contributed by atoms with Crippen LogP contribution in [0.4, 0.5) is 0 Å². The molecule has 76 valence electrons. The Labute approximate surface area is 91.7 Å². The fourth-order valence-corrected chi connectivity index (χ4v) is 2.26. The summed E-state index contributed by atoms with van der Waals surface area (Å²) in [6, 6.07) is 3.91. The molecule has 2 aromatic heterocycles. The Balaban J connectivity index is 2.30. The van der Waals surface area contributed by atoms with Crippen molar-refractivity contribution in [2.24, 2.45) is 0 Å². The number of halogens is 1. The number of hydrogen-bond donors (Lipinski definition) is 0. The van der Waals surface area contributed by atoms with E-state index in [1.165, 1.54) is 5.69 Å². The molecule has 0 saturated heterocycles. The Morgan fingerprint density at radius 2 is 2.20 bits per heavy atom. The zero-order valence-electron chi connectivity index (χ0n) is 8.03. The molecule has 0 aromatic carbocycles. The smallest absolute Gasteiger partial charge is 0.152 e. The summed E-state index contributed by atoms with van der Waals surface area (Å²) in [6.45, 7) is 0.471. The number of carbonyl (C=O) groups excluding carboxylic acids is 1. The van der Waals surface area contributed by atoms with Gasteiger partial charge >= 0.3 is 0 Å². The molecule has 3 rings (SSSR count). The maximum Gasteiger partial charge on any atom is 0.152 e. The Kier molecular flexibility index (Phi) is 1.83. The van der Waals surface area contributed by atoms with Gasteiger partial charge in [0.15, 0.2) is 5.78 Å². The maximum absolute atomic E-state index is 11.4. The van der Waals surface area contributed by atoms with Gasteiger partial charge in [-0.2, -0.15) is 0 Å². The summed E-state index contributed by atoms with van der Waals surface area (Å²) in [7, 11) is 0. The van der Waals surface area contributed by atoms with Gasteiger partial charge in [-0.3, -0.25) is 4.79 Å². The van der Waals surface area contributed by atoms with E-state index in [1.54, 1.807) is 6.20 Å². The van der Waals surface area contributed by atoms with Crippen molar-refractivity contribution in [2.45, 2.75) is 19.4 Å². The van der Waals surface area contributed by atoms with Crippen LogP contribution in [0.3, 0.4) is 0 Å². The normalized spacial score (nSPS) is 15.7. The number of fused-ring (bicyclic) bond motifs is 3. The van der Waals surface area contributed by atoms with Crippen LogP contribution in [0.15, 0.2) is 18.3 Å². The first-order chi connectivity index (χ1) is 7.24. The minimum atomic E-state index is 0.285. The molecule has 0 spiro atoms. The number of aryl methyl sites for hydroxylation is 1. The highest BCUT2D eigenvalue weighted by molar-refractivity contribution is 6.30. The molecule has 0 fully saturated rings. The minimum absolute atomic E-state index is 0.285. The summed E-state index contributed by atoms with van der Waals surface area (Å²) in [5.74, 6) is 0.285. The minimum Gasteiger partial charge on any atom is -0.337 e. The number of rotatable bonds is 0. The third-order valence-corrected chi connectivity index (χ3v) is 3.04. The van der Waals surface area contributed by atoms with Crippen LogP contribution in [0.5, 0.6) is 0 Å². The fourth-order valence-electron chi connectivity index (χ4n) is 2.10. The van der Waals surface area contributed by atoms with E-state index < -0.39 is 0 Å². The summed E-state index contributed by atoms with van der Waals surface area (Å²) in [4.78, 5) is 15.4. The molecule has 0 aliphatic carbocycles. The monoisotopic (exact) mass is 220 g/mol. The second kappa shape index (κ2) is 3.07. The summed E-state index contributed by atoms with van der Waals surface area (Å²) in [5, 5.41) is 1.53. The number of hydrogen-bond acceptors (Lipinski definition) is 2. The van der Waals surface area contributed by atoms with Crippen LogP contribution < -0.4 is 0 Å². The van der Waals surface area contributed by atoms with Crippen molar-refractivity contribution < 1.29 is 4.79 Å². The summed E-state index contributed by atoms with van der Waals surface area (Å²) in [6.07, 6.45) is 3.23. The highest BCUT2D eigenvalue weighted by Crippen LogP contribution is 2.25. The number of nitrogens with zero attached hydrogens (tertiary/aromatic N) is 2. The molecule has 1 aliphatic heterocycles. The van der Waals surface area contributed by atoms with Crippen molar-refractivity contribution in [3.05, 3.63) is 29.2 Å². The molecule has 3 heterocycles. The third kappa shape index (κ3) is 1.35. The highest BCUT2D eigenvalue weighted by atomic mass is 35.5. The number of aromatic nitrogens is 2. The molecule has 0 unspecified atom stereocenters. The Bertz CT molecular complexity index is 559. The first-order valence-corrected chi connectivity index (χ1v) is 5.27. The van der Waals surface area contributed by atoms with Gasteiger partial charge in [0.1, 0.15) is 5.15 Å². The van der Waals surface area contributed by atoms with Gasteiger partial charge in [-0.25, -0.2) is 4.98 Å². The zero-order chi connectivity index (χ0) is 10.4. The standard InChI is InChI=1S/C11H9ClN2O/c12-11-4-10-7(5-13-11)3-8-1-2-9(15)6-14(8)10/h3-5H,1-2,6H2. The van der Waals surface area contributed by atoms with Crippen LogP contribution in [0, 0.1) is 0 Å². The van der Waals surface area contributed by atoms with Gasteiger partial charge in [0, 0.05) is 23.7 Å². The lowest BCUT2D eigenvalue weighted by molar-refractivity contribution is -0.120. The van der Waals surface area contributed by atoms with Crippen molar-refractivity contribution in [3.63, 3.8) is 0 Å². The number of ketones is 1. The molecule has 0 radical (unpaired) electrons. The largest absolute Gasteiger partial charge is 0.337 e. The van der Waals surface area contributed by atoms with Gasteiger partial charge in [-0.15, -0.1) is 0 Å². The second-order valence-corrected chi connectivity index (χ2v) is 4.21. The van der Waals surface area contributed by atoms with Gasteiger partial charge in [-0.05, 0) is 18.6 Å². The van der Waals surface area contributed by atoms with E-state index in [0.29, 0.717) is 18.1 Å². The molecule has 3 nitrogen and oxygen atoms in total.